The Morgan fingerprint density at radius 1 is 1.19 bits per heavy atom. The molecule has 1 fully saturated rings. The number of piperazine rings is 1. The van der Waals surface area contributed by atoms with Gasteiger partial charge in [-0.2, -0.15) is 0 Å². The number of guanidine groups is 1. The van der Waals surface area contributed by atoms with E-state index < -0.39 is 23.8 Å². The number of amides is 1. The number of furan rings is 1. The zero-order chi connectivity index (χ0) is 22.1. The molecule has 5 rings (SSSR count). The van der Waals surface area contributed by atoms with Gasteiger partial charge in [0, 0.05) is 32.7 Å². The van der Waals surface area contributed by atoms with Crippen LogP contribution in [0.15, 0.2) is 46.0 Å². The quantitative estimate of drug-likeness (QED) is 0.558. The van der Waals surface area contributed by atoms with Crippen LogP contribution in [-0.2, 0) is 20.9 Å². The lowest BCUT2D eigenvalue weighted by Crippen LogP contribution is -2.57. The van der Waals surface area contributed by atoms with Crippen LogP contribution in [0.5, 0.6) is 11.5 Å². The maximum Gasteiger partial charge on any atom is 0.320 e. The lowest BCUT2D eigenvalue weighted by molar-refractivity contribution is -0.151. The standard InChI is InChI=1S/C22H24N4O6/c1-29-21(28)18-19(16-3-2-10-30-16)23-22(24-20(18)27)26-8-6-25(7-9-26)12-14-4-5-15-17(11-14)32-13-31-15/h2-5,10-11,18-19H,6-9,12-13H2,1H3,(H,23,24,27)/t18-,19+/m0/s1. The molecule has 0 saturated carbocycles. The van der Waals surface area contributed by atoms with Crippen molar-refractivity contribution >= 4 is 17.8 Å². The van der Waals surface area contributed by atoms with E-state index in [1.54, 1.807) is 12.1 Å². The van der Waals surface area contributed by atoms with Gasteiger partial charge in [-0.1, -0.05) is 6.07 Å². The fourth-order valence-corrected chi connectivity index (χ4v) is 4.20. The van der Waals surface area contributed by atoms with Crippen molar-refractivity contribution in [2.75, 3.05) is 40.1 Å². The Bertz CT molecular complexity index is 1030. The molecule has 4 heterocycles. The molecule has 1 amide bonds. The number of methoxy groups -OCH3 is 1. The summed E-state index contributed by atoms with van der Waals surface area (Å²) in [6.07, 6.45) is 1.50. The van der Waals surface area contributed by atoms with Crippen molar-refractivity contribution in [3.63, 3.8) is 0 Å². The van der Waals surface area contributed by atoms with Gasteiger partial charge < -0.3 is 23.5 Å². The van der Waals surface area contributed by atoms with Gasteiger partial charge in [-0.15, -0.1) is 0 Å². The number of benzene rings is 1. The summed E-state index contributed by atoms with van der Waals surface area (Å²) >= 11 is 0. The average molecular weight is 440 g/mol. The van der Waals surface area contributed by atoms with E-state index in [2.05, 4.69) is 15.2 Å². The van der Waals surface area contributed by atoms with Crippen LogP contribution in [0, 0.1) is 5.92 Å². The average Bonchev–Trinajstić information content (AvgIpc) is 3.50. The molecule has 2 aromatic rings. The number of nitrogens with one attached hydrogen (secondary N) is 1. The number of esters is 1. The van der Waals surface area contributed by atoms with E-state index in [-0.39, 0.29) is 6.79 Å². The number of fused-ring (bicyclic) bond motifs is 1. The van der Waals surface area contributed by atoms with Gasteiger partial charge in [0.25, 0.3) is 0 Å². The molecule has 0 radical (unpaired) electrons. The largest absolute Gasteiger partial charge is 0.468 e. The Morgan fingerprint density at radius 3 is 2.75 bits per heavy atom. The van der Waals surface area contributed by atoms with E-state index in [1.807, 2.05) is 23.1 Å². The highest BCUT2D eigenvalue weighted by Crippen LogP contribution is 2.33. The first-order valence-corrected chi connectivity index (χ1v) is 10.5. The Kier molecular flexibility index (Phi) is 5.44. The van der Waals surface area contributed by atoms with Crippen molar-refractivity contribution in [2.24, 2.45) is 10.9 Å². The van der Waals surface area contributed by atoms with Crippen molar-refractivity contribution in [3.05, 3.63) is 47.9 Å². The van der Waals surface area contributed by atoms with E-state index in [9.17, 15) is 9.59 Å². The molecule has 0 aliphatic carbocycles. The minimum absolute atomic E-state index is 0.265. The predicted octanol–water partition coefficient (Wildman–Crippen LogP) is 1.14. The number of carbonyl (C=O) groups excluding carboxylic acids is 2. The first-order chi connectivity index (χ1) is 15.6. The van der Waals surface area contributed by atoms with Gasteiger partial charge in [0.2, 0.25) is 18.7 Å². The fraction of sp³-hybridized carbons (Fsp3) is 0.409. The summed E-state index contributed by atoms with van der Waals surface area (Å²) in [5.41, 5.74) is 1.16. The SMILES string of the molecule is COC(=O)[C@@H]1C(=O)NC(N2CCN(Cc3ccc4c(c3)OCO4)CC2)=N[C@@H]1c1ccco1. The second kappa shape index (κ2) is 8.54. The molecule has 10 nitrogen and oxygen atoms in total. The van der Waals surface area contributed by atoms with Gasteiger partial charge in [0.1, 0.15) is 11.8 Å². The minimum Gasteiger partial charge on any atom is -0.468 e. The van der Waals surface area contributed by atoms with Crippen LogP contribution < -0.4 is 14.8 Å². The third kappa shape index (κ3) is 3.89. The fourth-order valence-electron chi connectivity index (χ4n) is 4.20. The van der Waals surface area contributed by atoms with Crippen LogP contribution in [0.2, 0.25) is 0 Å². The van der Waals surface area contributed by atoms with Crippen molar-refractivity contribution < 1.29 is 28.2 Å². The Hall–Kier alpha value is -3.53. The van der Waals surface area contributed by atoms with E-state index in [4.69, 9.17) is 18.6 Å². The molecule has 3 aliphatic rings. The third-order valence-corrected chi connectivity index (χ3v) is 5.90. The molecule has 0 spiro atoms. The molecule has 168 valence electrons. The second-order valence-electron chi connectivity index (χ2n) is 7.85. The van der Waals surface area contributed by atoms with Gasteiger partial charge in [-0.05, 0) is 29.8 Å². The van der Waals surface area contributed by atoms with E-state index in [0.717, 1.165) is 36.7 Å². The smallest absolute Gasteiger partial charge is 0.320 e. The van der Waals surface area contributed by atoms with Crippen LogP contribution in [0.25, 0.3) is 0 Å². The Balaban J connectivity index is 1.26. The summed E-state index contributed by atoms with van der Waals surface area (Å²) in [7, 11) is 1.26. The van der Waals surface area contributed by atoms with Crippen LogP contribution >= 0.6 is 0 Å². The summed E-state index contributed by atoms with van der Waals surface area (Å²) in [5.74, 6) is 0.312. The highest BCUT2D eigenvalue weighted by atomic mass is 16.7. The molecule has 2 atom stereocenters. The minimum atomic E-state index is -1.08. The molecule has 1 aromatic heterocycles. The van der Waals surface area contributed by atoms with E-state index in [0.29, 0.717) is 24.8 Å². The van der Waals surface area contributed by atoms with Crippen molar-refractivity contribution in [3.8, 4) is 11.5 Å². The zero-order valence-electron chi connectivity index (χ0n) is 17.7. The molecule has 3 aliphatic heterocycles. The molecular formula is C22H24N4O6. The Morgan fingerprint density at radius 2 is 2.00 bits per heavy atom. The summed E-state index contributed by atoms with van der Waals surface area (Å²) in [5, 5.41) is 2.78. The highest BCUT2D eigenvalue weighted by molar-refractivity contribution is 6.08. The Labute approximate surface area is 184 Å². The third-order valence-electron chi connectivity index (χ3n) is 5.90. The number of hydrogen-bond acceptors (Lipinski definition) is 9. The highest BCUT2D eigenvalue weighted by Gasteiger charge is 2.43. The maximum absolute atomic E-state index is 12.8. The number of rotatable bonds is 4. The van der Waals surface area contributed by atoms with Gasteiger partial charge >= 0.3 is 5.97 Å². The molecular weight excluding hydrogens is 416 g/mol. The molecule has 32 heavy (non-hydrogen) atoms. The number of carbonyl (C=O) groups is 2. The van der Waals surface area contributed by atoms with Crippen molar-refractivity contribution in [1.29, 1.82) is 0 Å². The van der Waals surface area contributed by atoms with E-state index in [1.165, 1.54) is 13.4 Å². The number of hydrogen-bond donors (Lipinski definition) is 1. The maximum atomic E-state index is 12.8. The molecule has 1 saturated heterocycles. The summed E-state index contributed by atoms with van der Waals surface area (Å²) in [4.78, 5) is 34.0. The zero-order valence-corrected chi connectivity index (χ0v) is 17.7. The summed E-state index contributed by atoms with van der Waals surface area (Å²) < 4.78 is 21.1. The lowest BCUT2D eigenvalue weighted by atomic mass is 9.95. The van der Waals surface area contributed by atoms with Gasteiger partial charge in [0.05, 0.1) is 13.4 Å². The molecule has 0 unspecified atom stereocenters. The predicted molar refractivity (Wildman–Crippen MR) is 112 cm³/mol. The van der Waals surface area contributed by atoms with Crippen LogP contribution in [-0.4, -0.2) is 67.7 Å². The van der Waals surface area contributed by atoms with Crippen LogP contribution in [0.1, 0.15) is 17.4 Å². The normalized spacial score (nSPS) is 23.0. The summed E-state index contributed by atoms with van der Waals surface area (Å²) in [6.45, 7) is 4.04. The van der Waals surface area contributed by atoms with Crippen LogP contribution in [0.3, 0.4) is 0 Å². The number of nitrogens with zero attached hydrogens (tertiary/aromatic N) is 3. The van der Waals surface area contributed by atoms with Gasteiger partial charge in [0.15, 0.2) is 17.4 Å². The van der Waals surface area contributed by atoms with E-state index >= 15 is 0 Å². The summed E-state index contributed by atoms with van der Waals surface area (Å²) in [6, 6.07) is 8.66. The molecule has 10 heteroatoms. The first-order valence-electron chi connectivity index (χ1n) is 10.5. The van der Waals surface area contributed by atoms with Crippen molar-refractivity contribution in [2.45, 2.75) is 12.6 Å². The van der Waals surface area contributed by atoms with Gasteiger partial charge in [-0.3, -0.25) is 19.8 Å². The number of aliphatic imine (C=N–C) groups is 1. The van der Waals surface area contributed by atoms with Crippen molar-refractivity contribution in [1.82, 2.24) is 15.1 Å². The topological polar surface area (TPSA) is 106 Å². The second-order valence-corrected chi connectivity index (χ2v) is 7.85. The molecule has 1 N–H and O–H groups in total. The van der Waals surface area contributed by atoms with Crippen LogP contribution in [0.4, 0.5) is 0 Å². The molecule has 1 aromatic carbocycles. The molecule has 0 bridgehead atoms. The first kappa shape index (κ1) is 20.4. The monoisotopic (exact) mass is 440 g/mol. The lowest BCUT2D eigenvalue weighted by Gasteiger charge is -2.38. The number of ether oxygens (including phenoxy) is 3. The van der Waals surface area contributed by atoms with Gasteiger partial charge in [-0.25, -0.2) is 4.99 Å².